The van der Waals surface area contributed by atoms with Gasteiger partial charge in [-0.25, -0.2) is 88.6 Å². The Morgan fingerprint density at radius 1 is 0.365 bits per heavy atom. The van der Waals surface area contributed by atoms with Gasteiger partial charge in [-0.05, 0) is 38.1 Å². The molecule has 38 nitrogen and oxygen atoms in total. The number of nitrogens with one attached hydrogen (secondary N) is 3. The Morgan fingerprint density at radius 2 is 0.698 bits per heavy atom. The van der Waals surface area contributed by atoms with Crippen LogP contribution in [0.5, 0.6) is 0 Å². The number of rotatable bonds is 24. The highest BCUT2D eigenvalue weighted by Crippen LogP contribution is 2.22. The zero-order valence-corrected chi connectivity index (χ0v) is 52.4. The molecule has 6 aromatic heterocycles. The molecule has 10 heterocycles. The number of aromatic carboxylic acids is 6. The summed E-state index contributed by atoms with van der Waals surface area (Å²) < 4.78 is 10.5. The van der Waals surface area contributed by atoms with Crippen molar-refractivity contribution < 1.29 is 89.3 Å². The van der Waals surface area contributed by atoms with E-state index >= 15 is 0 Å². The molecule has 0 atom stereocenters. The molecule has 0 bridgehead atoms. The lowest BCUT2D eigenvalue weighted by Gasteiger charge is -2.34. The molecule has 520 valence electrons. The van der Waals surface area contributed by atoms with Gasteiger partial charge in [0.2, 0.25) is 0 Å². The van der Waals surface area contributed by atoms with Crippen LogP contribution in [-0.2, 0) is 9.47 Å². The number of piperidine rings is 1. The molecule has 0 spiro atoms. The van der Waals surface area contributed by atoms with Crippen LogP contribution in [-0.4, -0.2) is 308 Å². The maximum Gasteiger partial charge on any atom is 0.354 e. The SMILES string of the molecule is O=C(O)c1cc(N2CCC(CO)CC2)ncn1.O=C(O)c1cc(N2CCN(CCO)CC2)ncn1.O=C(O)c1cc(N2CCOCC2)ncn1.O=C(O)c1cc(NCCCN2CCOCC2)ncn1.O=C(O)c1cc(NCCCO)ncn1.O=C(O)c1cc(NCCO)ncn1. The predicted octanol–water partition coefficient (Wildman–Crippen LogP) is -0.459. The summed E-state index contributed by atoms with van der Waals surface area (Å²) in [5.41, 5.74) is -0.0730. The smallest absolute Gasteiger partial charge is 0.354 e. The van der Waals surface area contributed by atoms with Crippen LogP contribution >= 0.6 is 0 Å². The fourth-order valence-electron chi connectivity index (χ4n) is 8.93. The van der Waals surface area contributed by atoms with Gasteiger partial charge in [0.25, 0.3) is 0 Å². The van der Waals surface area contributed by atoms with Crippen molar-refractivity contribution in [1.82, 2.24) is 69.6 Å². The Kier molecular flexibility index (Phi) is 34.2. The number of β-amino-alcohol motifs (C(OH)–C–C–N with tert-alkyl or cyclic N) is 1. The van der Waals surface area contributed by atoms with Crippen LogP contribution in [0.25, 0.3) is 0 Å². The number of carboxylic acid groups (broad SMARTS) is 6. The van der Waals surface area contributed by atoms with Crippen molar-refractivity contribution in [3.63, 3.8) is 0 Å². The Morgan fingerprint density at radius 3 is 1.06 bits per heavy atom. The van der Waals surface area contributed by atoms with E-state index in [1.807, 2.05) is 14.7 Å². The fourth-order valence-corrected chi connectivity index (χ4v) is 8.93. The summed E-state index contributed by atoms with van der Waals surface area (Å²) in [6, 6.07) is 8.55. The number of hydrogen-bond acceptors (Lipinski definition) is 32. The molecule has 0 saturated carbocycles. The topological polar surface area (TPSA) is 530 Å². The van der Waals surface area contributed by atoms with Crippen LogP contribution in [0.4, 0.5) is 34.9 Å². The summed E-state index contributed by atoms with van der Waals surface area (Å²) >= 11 is 0. The number of aromatic nitrogens is 12. The first-order valence-corrected chi connectivity index (χ1v) is 30.2. The Bertz CT molecular complexity index is 3340. The Labute approximate surface area is 549 Å². The minimum atomic E-state index is -1.10. The van der Waals surface area contributed by atoms with Crippen LogP contribution in [0, 0.1) is 5.92 Å². The number of morpholine rings is 2. The first-order chi connectivity index (χ1) is 46.4. The van der Waals surface area contributed by atoms with Crippen molar-refractivity contribution in [2.45, 2.75) is 25.7 Å². The van der Waals surface area contributed by atoms with E-state index in [-0.39, 0.29) is 60.6 Å². The summed E-state index contributed by atoms with van der Waals surface area (Å²) in [5, 5.41) is 96.1. The van der Waals surface area contributed by atoms with Gasteiger partial charge in [0.05, 0.1) is 39.6 Å². The molecule has 6 aromatic rings. The lowest BCUT2D eigenvalue weighted by atomic mass is 9.98. The van der Waals surface area contributed by atoms with Gasteiger partial charge in [-0.15, -0.1) is 0 Å². The van der Waals surface area contributed by atoms with E-state index in [9.17, 15) is 28.8 Å². The van der Waals surface area contributed by atoms with E-state index in [4.69, 9.17) is 60.5 Å². The second-order valence-corrected chi connectivity index (χ2v) is 20.6. The number of hydrogen-bond donors (Lipinski definition) is 13. The molecular formula is C58H80N20O18. The second kappa shape index (κ2) is 42.9. The van der Waals surface area contributed by atoms with Gasteiger partial charge in [-0.2, -0.15) is 0 Å². The minimum absolute atomic E-state index is 0.00526. The first kappa shape index (κ1) is 76.5. The lowest BCUT2D eigenvalue weighted by Crippen LogP contribution is -2.47. The molecule has 0 aliphatic carbocycles. The number of aliphatic hydroxyl groups is 4. The van der Waals surface area contributed by atoms with Gasteiger partial charge in [-0.3, -0.25) is 9.80 Å². The maximum absolute atomic E-state index is 10.8. The summed E-state index contributed by atoms with van der Waals surface area (Å²) in [6.07, 6.45) is 10.8. The average molecular weight is 1350 g/mol. The third kappa shape index (κ3) is 28.2. The van der Waals surface area contributed by atoms with Gasteiger partial charge < -0.3 is 91.2 Å². The van der Waals surface area contributed by atoms with Gasteiger partial charge in [0.1, 0.15) is 72.9 Å². The second-order valence-electron chi connectivity index (χ2n) is 20.6. The quantitative estimate of drug-likeness (QED) is 0.0341. The van der Waals surface area contributed by atoms with Gasteiger partial charge >= 0.3 is 35.8 Å². The average Bonchev–Trinajstić information content (AvgIpc) is 0.963. The lowest BCUT2D eigenvalue weighted by molar-refractivity contribution is 0.0378. The van der Waals surface area contributed by atoms with Gasteiger partial charge in [-0.1, -0.05) is 0 Å². The molecule has 4 saturated heterocycles. The number of ether oxygens (including phenoxy) is 2. The maximum atomic E-state index is 10.8. The van der Waals surface area contributed by atoms with E-state index in [0.717, 1.165) is 117 Å². The van der Waals surface area contributed by atoms with Gasteiger partial charge in [0.15, 0.2) is 34.2 Å². The molecule has 10 rings (SSSR count). The molecule has 96 heavy (non-hydrogen) atoms. The summed E-state index contributed by atoms with van der Waals surface area (Å²) in [4.78, 5) is 120. The Hall–Kier alpha value is -10.2. The highest BCUT2D eigenvalue weighted by atomic mass is 16.5. The number of carboxylic acids is 6. The fraction of sp³-hybridized carbons (Fsp3) is 0.483. The van der Waals surface area contributed by atoms with Crippen molar-refractivity contribution >= 4 is 70.7 Å². The molecule has 4 fully saturated rings. The number of carbonyl (C=O) groups is 6. The predicted molar refractivity (Wildman–Crippen MR) is 341 cm³/mol. The van der Waals surface area contributed by atoms with Gasteiger partial charge in [0, 0.05) is 141 Å². The highest BCUT2D eigenvalue weighted by molar-refractivity contribution is 5.88. The van der Waals surface area contributed by atoms with Crippen LogP contribution in [0.1, 0.15) is 88.6 Å². The largest absolute Gasteiger partial charge is 0.477 e. The van der Waals surface area contributed by atoms with Crippen molar-refractivity contribution in [2.24, 2.45) is 5.92 Å². The van der Waals surface area contributed by atoms with Crippen molar-refractivity contribution in [2.75, 3.05) is 182 Å². The van der Waals surface area contributed by atoms with E-state index < -0.39 is 35.8 Å². The molecule has 0 amide bonds. The zero-order chi connectivity index (χ0) is 69.5. The number of piperazine rings is 1. The third-order valence-electron chi connectivity index (χ3n) is 14.0. The molecule has 0 aromatic carbocycles. The third-order valence-corrected chi connectivity index (χ3v) is 14.0. The zero-order valence-electron chi connectivity index (χ0n) is 52.4. The van der Waals surface area contributed by atoms with Crippen LogP contribution in [0.15, 0.2) is 74.4 Å². The van der Waals surface area contributed by atoms with Crippen molar-refractivity contribution in [3.05, 3.63) is 109 Å². The number of anilines is 6. The highest BCUT2D eigenvalue weighted by Gasteiger charge is 2.22. The summed E-state index contributed by atoms with van der Waals surface area (Å²) in [7, 11) is 0. The Balaban J connectivity index is 0.000000209. The molecule has 13 N–H and O–H groups in total. The van der Waals surface area contributed by atoms with E-state index in [0.29, 0.717) is 80.1 Å². The van der Waals surface area contributed by atoms with Crippen LogP contribution in [0.3, 0.4) is 0 Å². The van der Waals surface area contributed by atoms with Crippen molar-refractivity contribution in [3.8, 4) is 0 Å². The standard InChI is InChI=1S/C12H18N4O3.C11H16N4O3.C11H15N3O3.C9H11N3O3.C8H11N3O3.C7H9N3O3/c17-12(18)10-8-11(15-9-14-10)13-2-1-3-16-4-6-19-7-5-16;16-6-5-14-1-3-15(4-2-14)10-7-9(11(17)18)12-8-13-10;15-6-8-1-3-14(4-2-8)10-5-9(11(16)17)12-7-13-10;13-9(14)7-5-8(11-6-10-7)12-1-3-15-4-2-12;12-3-1-2-9-7-4-6(8(13)14)10-5-11-7;11-2-1-8-6-3-5(7(12)13)9-4-10-6/h8-9H,1-7H2,(H,17,18)(H,13,14,15);7-8,16H,1-6H2,(H,17,18);5,7-8,15H,1-4,6H2,(H,16,17);5-6H,1-4H2,(H,13,14);4-5,12H,1-3H2,(H,13,14)(H,9,10,11);3-4,11H,1-2H2,(H,12,13)(H,8,9,10). The molecule has 0 radical (unpaired) electrons. The van der Waals surface area contributed by atoms with Crippen LogP contribution in [0.2, 0.25) is 0 Å². The molecule has 0 unspecified atom stereocenters. The summed E-state index contributed by atoms with van der Waals surface area (Å²) in [6.45, 7) is 14.9. The van der Waals surface area contributed by atoms with E-state index in [2.05, 4.69) is 85.6 Å². The van der Waals surface area contributed by atoms with Crippen molar-refractivity contribution in [1.29, 1.82) is 0 Å². The molecule has 4 aliphatic rings. The van der Waals surface area contributed by atoms with E-state index in [1.165, 1.54) is 68.0 Å². The number of aliphatic hydroxyl groups excluding tert-OH is 4. The summed E-state index contributed by atoms with van der Waals surface area (Å²) in [5.74, 6) is -2.67. The minimum Gasteiger partial charge on any atom is -0.477 e. The first-order valence-electron chi connectivity index (χ1n) is 30.2. The molecular weight excluding hydrogens is 1260 g/mol. The molecule has 4 aliphatic heterocycles. The van der Waals surface area contributed by atoms with E-state index in [1.54, 1.807) is 0 Å². The van der Waals surface area contributed by atoms with Crippen LogP contribution < -0.4 is 30.7 Å². The normalized spacial score (nSPS) is 14.7. The molecule has 38 heteroatoms. The monoisotopic (exact) mass is 1340 g/mol. The number of nitrogens with zero attached hydrogens (tertiary/aromatic N) is 17.